The van der Waals surface area contributed by atoms with Gasteiger partial charge in [0.05, 0.1) is 23.7 Å². The van der Waals surface area contributed by atoms with Crippen LogP contribution < -0.4 is 5.32 Å². The van der Waals surface area contributed by atoms with Crippen LogP contribution in [0, 0.1) is 0 Å². The van der Waals surface area contributed by atoms with Crippen molar-refractivity contribution in [1.82, 2.24) is 14.6 Å². The molecule has 1 N–H and O–H groups in total. The molecule has 28 heavy (non-hydrogen) atoms. The van der Waals surface area contributed by atoms with Crippen molar-refractivity contribution in [2.24, 2.45) is 0 Å². The van der Waals surface area contributed by atoms with Gasteiger partial charge in [0.2, 0.25) is 15.9 Å². The molecule has 0 aliphatic rings. The van der Waals surface area contributed by atoms with Gasteiger partial charge in [0.15, 0.2) is 0 Å². The fourth-order valence-electron chi connectivity index (χ4n) is 2.44. The number of rotatable bonds is 7. The zero-order valence-electron chi connectivity index (χ0n) is 15.0. The number of hydrogen-bond acceptors (Lipinski definition) is 5. The van der Waals surface area contributed by atoms with Gasteiger partial charge < -0.3 is 5.32 Å². The lowest BCUT2D eigenvalue weighted by Gasteiger charge is -2.16. The Morgan fingerprint density at radius 1 is 1.14 bits per heavy atom. The maximum Gasteiger partial charge on any atom is 0.243 e. The van der Waals surface area contributed by atoms with Crippen molar-refractivity contribution in [3.05, 3.63) is 69.5 Å². The first-order valence-electron chi connectivity index (χ1n) is 8.35. The molecule has 9 heteroatoms. The van der Waals surface area contributed by atoms with Crippen LogP contribution in [0.2, 0.25) is 0 Å². The van der Waals surface area contributed by atoms with Gasteiger partial charge in [-0.3, -0.25) is 4.79 Å². The Bertz CT molecular complexity index is 1050. The summed E-state index contributed by atoms with van der Waals surface area (Å²) in [6, 6.07) is 16.0. The number of hydrogen-bond donors (Lipinski definition) is 1. The average Bonchev–Trinajstić information content (AvgIpc) is 3.16. The SMILES string of the molecule is CN(CC(=O)NCc1nc(-c2ccccc2)cs1)S(=O)(=O)c1ccc(Br)cc1. The Labute approximate surface area is 176 Å². The standard InChI is InChI=1S/C19H18BrN3O3S2/c1-23(28(25,26)16-9-7-15(20)8-10-16)12-18(24)21-11-19-22-17(13-27-19)14-5-3-2-4-6-14/h2-10,13H,11-12H2,1H3,(H,21,24). The molecule has 0 saturated heterocycles. The van der Waals surface area contributed by atoms with Gasteiger partial charge in [-0.1, -0.05) is 46.3 Å². The van der Waals surface area contributed by atoms with Gasteiger partial charge in [-0.05, 0) is 24.3 Å². The number of thiazole rings is 1. The van der Waals surface area contributed by atoms with Crippen molar-refractivity contribution >= 4 is 43.2 Å². The van der Waals surface area contributed by atoms with Crippen LogP contribution >= 0.6 is 27.3 Å². The number of aromatic nitrogens is 1. The number of sulfonamides is 1. The van der Waals surface area contributed by atoms with Crippen molar-refractivity contribution in [2.75, 3.05) is 13.6 Å². The lowest BCUT2D eigenvalue weighted by atomic mass is 10.2. The molecule has 1 amide bonds. The van der Waals surface area contributed by atoms with E-state index in [-0.39, 0.29) is 23.9 Å². The molecule has 0 aliphatic heterocycles. The minimum atomic E-state index is -3.73. The van der Waals surface area contributed by atoms with Gasteiger partial charge in [0.1, 0.15) is 5.01 Å². The Kier molecular flexibility index (Phi) is 6.61. The molecule has 0 radical (unpaired) electrons. The molecule has 146 valence electrons. The highest BCUT2D eigenvalue weighted by molar-refractivity contribution is 9.10. The van der Waals surface area contributed by atoms with Crippen LogP contribution in [0.25, 0.3) is 11.3 Å². The van der Waals surface area contributed by atoms with Crippen LogP contribution in [0.5, 0.6) is 0 Å². The fraction of sp³-hybridized carbons (Fsp3) is 0.158. The molecule has 0 saturated carbocycles. The highest BCUT2D eigenvalue weighted by Gasteiger charge is 2.22. The number of amides is 1. The summed E-state index contributed by atoms with van der Waals surface area (Å²) in [5.74, 6) is -0.389. The summed E-state index contributed by atoms with van der Waals surface area (Å²) in [7, 11) is -2.34. The van der Waals surface area contributed by atoms with E-state index in [9.17, 15) is 13.2 Å². The van der Waals surface area contributed by atoms with E-state index in [1.165, 1.54) is 30.5 Å². The van der Waals surface area contributed by atoms with Crippen LogP contribution in [0.3, 0.4) is 0 Å². The van der Waals surface area contributed by atoms with Gasteiger partial charge in [0, 0.05) is 22.5 Å². The van der Waals surface area contributed by atoms with Gasteiger partial charge in [-0.15, -0.1) is 11.3 Å². The van der Waals surface area contributed by atoms with E-state index in [0.29, 0.717) is 0 Å². The monoisotopic (exact) mass is 479 g/mol. The summed E-state index contributed by atoms with van der Waals surface area (Å²) in [4.78, 5) is 16.8. The highest BCUT2D eigenvalue weighted by atomic mass is 79.9. The molecule has 0 bridgehead atoms. The van der Waals surface area contributed by atoms with E-state index in [2.05, 4.69) is 26.2 Å². The number of halogens is 1. The van der Waals surface area contributed by atoms with E-state index in [1.807, 2.05) is 35.7 Å². The second kappa shape index (κ2) is 8.95. The molecule has 1 heterocycles. The molecule has 0 fully saturated rings. The third-order valence-electron chi connectivity index (χ3n) is 3.95. The van der Waals surface area contributed by atoms with E-state index in [4.69, 9.17) is 0 Å². The van der Waals surface area contributed by atoms with Gasteiger partial charge in [0.25, 0.3) is 0 Å². The number of carbonyl (C=O) groups excluding carboxylic acids is 1. The largest absolute Gasteiger partial charge is 0.348 e. The lowest BCUT2D eigenvalue weighted by molar-refractivity contribution is -0.121. The molecule has 0 spiro atoms. The molecular weight excluding hydrogens is 462 g/mol. The van der Waals surface area contributed by atoms with Crippen molar-refractivity contribution in [3.63, 3.8) is 0 Å². The normalized spacial score (nSPS) is 11.5. The lowest BCUT2D eigenvalue weighted by Crippen LogP contribution is -2.38. The minimum Gasteiger partial charge on any atom is -0.348 e. The molecule has 3 rings (SSSR count). The Hall–Kier alpha value is -2.07. The van der Waals surface area contributed by atoms with Gasteiger partial charge in [-0.25, -0.2) is 13.4 Å². The molecule has 0 atom stereocenters. The van der Waals surface area contributed by atoms with E-state index < -0.39 is 10.0 Å². The van der Waals surface area contributed by atoms with Crippen molar-refractivity contribution < 1.29 is 13.2 Å². The zero-order chi connectivity index (χ0) is 20.1. The molecule has 1 aromatic heterocycles. The summed E-state index contributed by atoms with van der Waals surface area (Å²) in [6.07, 6.45) is 0. The van der Waals surface area contributed by atoms with Crippen LogP contribution in [0.1, 0.15) is 5.01 Å². The third kappa shape index (κ3) is 5.05. The van der Waals surface area contributed by atoms with Crippen LogP contribution in [-0.2, 0) is 21.4 Å². The van der Waals surface area contributed by atoms with E-state index >= 15 is 0 Å². The van der Waals surface area contributed by atoms with E-state index in [1.54, 1.807) is 12.1 Å². The maximum absolute atomic E-state index is 12.5. The van der Waals surface area contributed by atoms with Crippen LogP contribution in [0.15, 0.2) is 69.3 Å². The number of benzene rings is 2. The average molecular weight is 480 g/mol. The van der Waals surface area contributed by atoms with Crippen molar-refractivity contribution in [2.45, 2.75) is 11.4 Å². The highest BCUT2D eigenvalue weighted by Crippen LogP contribution is 2.21. The molecular formula is C19H18BrN3O3S2. The quantitative estimate of drug-likeness (QED) is 0.562. The first kappa shape index (κ1) is 20.7. The summed E-state index contributed by atoms with van der Waals surface area (Å²) < 4.78 is 26.9. The first-order chi connectivity index (χ1) is 13.4. The molecule has 0 aliphatic carbocycles. The maximum atomic E-state index is 12.5. The molecule has 2 aromatic carbocycles. The molecule has 6 nitrogen and oxygen atoms in total. The fourth-order valence-corrected chi connectivity index (χ4v) is 4.57. The summed E-state index contributed by atoms with van der Waals surface area (Å²) >= 11 is 4.72. The third-order valence-corrected chi connectivity index (χ3v) is 7.14. The molecule has 3 aromatic rings. The smallest absolute Gasteiger partial charge is 0.243 e. The molecule has 0 unspecified atom stereocenters. The number of likely N-dealkylation sites (N-methyl/N-ethyl adjacent to an activating group) is 1. The van der Waals surface area contributed by atoms with Crippen molar-refractivity contribution in [3.8, 4) is 11.3 Å². The second-order valence-electron chi connectivity index (χ2n) is 5.98. The van der Waals surface area contributed by atoms with Gasteiger partial charge >= 0.3 is 0 Å². The van der Waals surface area contributed by atoms with E-state index in [0.717, 1.165) is 25.0 Å². The Balaban J connectivity index is 1.57. The topological polar surface area (TPSA) is 79.4 Å². The Morgan fingerprint density at radius 2 is 1.82 bits per heavy atom. The summed E-state index contributed by atoms with van der Waals surface area (Å²) in [5.41, 5.74) is 1.86. The predicted molar refractivity (Wildman–Crippen MR) is 113 cm³/mol. The number of carbonyl (C=O) groups is 1. The van der Waals surface area contributed by atoms with Crippen LogP contribution in [-0.4, -0.2) is 37.2 Å². The number of nitrogens with zero attached hydrogens (tertiary/aromatic N) is 2. The zero-order valence-corrected chi connectivity index (χ0v) is 18.2. The minimum absolute atomic E-state index is 0.137. The van der Waals surface area contributed by atoms with Crippen molar-refractivity contribution in [1.29, 1.82) is 0 Å². The predicted octanol–water partition coefficient (Wildman–Crippen LogP) is 3.51. The second-order valence-corrected chi connectivity index (χ2v) is 9.89. The summed E-state index contributed by atoms with van der Waals surface area (Å²) in [5, 5.41) is 5.41. The van der Waals surface area contributed by atoms with Crippen LogP contribution in [0.4, 0.5) is 0 Å². The number of nitrogens with one attached hydrogen (secondary N) is 1. The first-order valence-corrected chi connectivity index (χ1v) is 11.5. The van der Waals surface area contributed by atoms with Gasteiger partial charge in [-0.2, -0.15) is 4.31 Å². The Morgan fingerprint density at radius 3 is 2.50 bits per heavy atom. The summed E-state index contributed by atoms with van der Waals surface area (Å²) in [6.45, 7) is -0.0161.